The van der Waals surface area contributed by atoms with Crippen molar-refractivity contribution in [3.05, 3.63) is 65.2 Å². The Kier molecular flexibility index (Phi) is 3.51. The summed E-state index contributed by atoms with van der Waals surface area (Å²) >= 11 is 0. The molecule has 0 amide bonds. The lowest BCUT2D eigenvalue weighted by Gasteiger charge is -2.09. The fourth-order valence-electron chi connectivity index (χ4n) is 2.59. The number of ether oxygens (including phenoxy) is 1. The molecule has 0 unspecified atom stereocenters. The third-order valence-electron chi connectivity index (χ3n) is 3.66. The molecule has 0 heterocycles. The number of rotatable bonds is 4. The number of aliphatic hydroxyl groups is 1. The predicted molar refractivity (Wildman–Crippen MR) is 75.4 cm³/mol. The summed E-state index contributed by atoms with van der Waals surface area (Å²) in [7, 11) is 0. The number of hydrogen-bond acceptors (Lipinski definition) is 2. The summed E-state index contributed by atoms with van der Waals surface area (Å²) in [6.07, 6.45) is 2.42. The highest BCUT2D eigenvalue weighted by molar-refractivity contribution is 5.39. The minimum absolute atomic E-state index is 0.284. The van der Waals surface area contributed by atoms with Crippen LogP contribution in [0.1, 0.15) is 29.2 Å². The molecule has 0 fully saturated rings. The highest BCUT2D eigenvalue weighted by Gasteiger charge is 2.20. The predicted octanol–water partition coefficient (Wildman–Crippen LogP) is 3.29. The second kappa shape index (κ2) is 5.45. The molecule has 2 aromatic carbocycles. The summed E-state index contributed by atoms with van der Waals surface area (Å²) in [5.74, 6) is 0.906. The van der Waals surface area contributed by atoms with Crippen LogP contribution in [0.2, 0.25) is 0 Å². The Labute approximate surface area is 113 Å². The molecule has 1 aliphatic carbocycles. The first-order valence-electron chi connectivity index (χ1n) is 6.80. The third-order valence-corrected chi connectivity index (χ3v) is 3.66. The van der Waals surface area contributed by atoms with E-state index in [1.807, 2.05) is 30.3 Å². The lowest BCUT2D eigenvalue weighted by atomic mass is 10.1. The molecule has 2 nitrogen and oxygen atoms in total. The van der Waals surface area contributed by atoms with Crippen LogP contribution in [-0.2, 0) is 12.8 Å². The van der Waals surface area contributed by atoms with E-state index in [9.17, 15) is 5.11 Å². The van der Waals surface area contributed by atoms with E-state index in [1.165, 1.54) is 11.1 Å². The van der Waals surface area contributed by atoms with Gasteiger partial charge in [0.1, 0.15) is 5.75 Å². The second-order valence-corrected chi connectivity index (χ2v) is 5.00. The zero-order valence-electron chi connectivity index (χ0n) is 10.9. The zero-order valence-corrected chi connectivity index (χ0v) is 10.9. The summed E-state index contributed by atoms with van der Waals surface area (Å²) in [5.41, 5.74) is 3.58. The van der Waals surface area contributed by atoms with Crippen molar-refractivity contribution < 1.29 is 9.84 Å². The van der Waals surface area contributed by atoms with E-state index in [1.54, 1.807) is 0 Å². The number of benzene rings is 2. The van der Waals surface area contributed by atoms with Crippen molar-refractivity contribution in [2.45, 2.75) is 25.4 Å². The molecular weight excluding hydrogens is 236 g/mol. The van der Waals surface area contributed by atoms with Gasteiger partial charge in [0, 0.05) is 6.42 Å². The maximum Gasteiger partial charge on any atom is 0.119 e. The van der Waals surface area contributed by atoms with E-state index in [0.29, 0.717) is 6.61 Å². The van der Waals surface area contributed by atoms with Crippen LogP contribution >= 0.6 is 0 Å². The van der Waals surface area contributed by atoms with Gasteiger partial charge in [0.2, 0.25) is 0 Å². The van der Waals surface area contributed by atoms with Crippen LogP contribution in [-0.4, -0.2) is 11.7 Å². The lowest BCUT2D eigenvalue weighted by molar-refractivity contribution is 0.180. The van der Waals surface area contributed by atoms with E-state index < -0.39 is 0 Å². The van der Waals surface area contributed by atoms with Crippen molar-refractivity contribution in [3.8, 4) is 5.75 Å². The Morgan fingerprint density at radius 2 is 1.95 bits per heavy atom. The van der Waals surface area contributed by atoms with Crippen LogP contribution in [0.15, 0.2) is 48.5 Å². The van der Waals surface area contributed by atoms with Crippen molar-refractivity contribution >= 4 is 0 Å². The molecule has 0 saturated heterocycles. The fraction of sp³-hybridized carbons (Fsp3) is 0.294. The second-order valence-electron chi connectivity index (χ2n) is 5.00. The number of fused-ring (bicyclic) bond motifs is 1. The molecule has 0 saturated carbocycles. The molecule has 2 aromatic rings. The van der Waals surface area contributed by atoms with Crippen molar-refractivity contribution in [3.63, 3.8) is 0 Å². The van der Waals surface area contributed by atoms with Gasteiger partial charge in [-0.15, -0.1) is 0 Å². The summed E-state index contributed by atoms with van der Waals surface area (Å²) in [5, 5.41) is 9.76. The summed E-state index contributed by atoms with van der Waals surface area (Å²) in [4.78, 5) is 0. The Hall–Kier alpha value is -1.80. The van der Waals surface area contributed by atoms with Crippen molar-refractivity contribution in [2.24, 2.45) is 0 Å². The minimum atomic E-state index is -0.284. The first-order chi connectivity index (χ1) is 9.33. The number of aliphatic hydroxyl groups excluding tert-OH is 1. The Morgan fingerprint density at radius 1 is 1.11 bits per heavy atom. The molecule has 0 aliphatic heterocycles. The molecule has 98 valence electrons. The fourth-order valence-corrected chi connectivity index (χ4v) is 2.59. The van der Waals surface area contributed by atoms with Gasteiger partial charge in [0.15, 0.2) is 0 Å². The van der Waals surface area contributed by atoms with Gasteiger partial charge in [0.25, 0.3) is 0 Å². The van der Waals surface area contributed by atoms with Gasteiger partial charge in [-0.1, -0.05) is 36.4 Å². The van der Waals surface area contributed by atoms with Gasteiger partial charge in [-0.05, 0) is 41.7 Å². The molecule has 0 spiro atoms. The topological polar surface area (TPSA) is 29.5 Å². The number of aryl methyl sites for hydroxylation is 1. The van der Waals surface area contributed by atoms with E-state index in [0.717, 1.165) is 30.6 Å². The van der Waals surface area contributed by atoms with Crippen LogP contribution in [0.4, 0.5) is 0 Å². The van der Waals surface area contributed by atoms with E-state index >= 15 is 0 Å². The molecule has 0 bridgehead atoms. The lowest BCUT2D eigenvalue weighted by Crippen LogP contribution is -2.01. The average molecular weight is 254 g/mol. The molecule has 1 atom stereocenters. The molecule has 0 aromatic heterocycles. The van der Waals surface area contributed by atoms with Gasteiger partial charge >= 0.3 is 0 Å². The standard InChI is InChI=1S/C17H18O2/c18-17-9-6-14-12-15(7-8-16(14)17)19-11-10-13-4-2-1-3-5-13/h1-5,7-8,12,17-18H,6,9-11H2/t17-/m0/s1. The largest absolute Gasteiger partial charge is 0.493 e. The van der Waals surface area contributed by atoms with Crippen LogP contribution in [0, 0.1) is 0 Å². The van der Waals surface area contributed by atoms with Crippen LogP contribution in [0.3, 0.4) is 0 Å². The molecule has 0 radical (unpaired) electrons. The summed E-state index contributed by atoms with van der Waals surface area (Å²) in [6, 6.07) is 16.4. The van der Waals surface area contributed by atoms with Crippen LogP contribution in [0.25, 0.3) is 0 Å². The smallest absolute Gasteiger partial charge is 0.119 e. The van der Waals surface area contributed by atoms with Crippen molar-refractivity contribution in [1.82, 2.24) is 0 Å². The van der Waals surface area contributed by atoms with Crippen LogP contribution < -0.4 is 4.74 Å². The Morgan fingerprint density at radius 3 is 2.79 bits per heavy atom. The number of hydrogen-bond donors (Lipinski definition) is 1. The SMILES string of the molecule is O[C@H]1CCc2cc(OCCc3ccccc3)ccc21. The van der Waals surface area contributed by atoms with Gasteiger partial charge in [0.05, 0.1) is 12.7 Å². The van der Waals surface area contributed by atoms with E-state index in [-0.39, 0.29) is 6.10 Å². The first-order valence-corrected chi connectivity index (χ1v) is 6.80. The van der Waals surface area contributed by atoms with Crippen molar-refractivity contribution in [2.75, 3.05) is 6.61 Å². The highest BCUT2D eigenvalue weighted by Crippen LogP contribution is 2.33. The monoisotopic (exact) mass is 254 g/mol. The summed E-state index contributed by atoms with van der Waals surface area (Å²) < 4.78 is 5.79. The van der Waals surface area contributed by atoms with E-state index in [4.69, 9.17) is 4.74 Å². The highest BCUT2D eigenvalue weighted by atomic mass is 16.5. The minimum Gasteiger partial charge on any atom is -0.493 e. The van der Waals surface area contributed by atoms with Gasteiger partial charge in [-0.25, -0.2) is 0 Å². The van der Waals surface area contributed by atoms with E-state index in [2.05, 4.69) is 18.2 Å². The third kappa shape index (κ3) is 2.79. The zero-order chi connectivity index (χ0) is 13.1. The van der Waals surface area contributed by atoms with Crippen molar-refractivity contribution in [1.29, 1.82) is 0 Å². The normalized spacial score (nSPS) is 17.2. The molecular formula is C17H18O2. The maximum atomic E-state index is 9.76. The Bertz CT molecular complexity index is 548. The van der Waals surface area contributed by atoms with Gasteiger partial charge < -0.3 is 9.84 Å². The van der Waals surface area contributed by atoms with Crippen LogP contribution in [0.5, 0.6) is 5.75 Å². The summed E-state index contributed by atoms with van der Waals surface area (Å²) in [6.45, 7) is 0.686. The maximum absolute atomic E-state index is 9.76. The quantitative estimate of drug-likeness (QED) is 0.907. The Balaban J connectivity index is 1.59. The molecule has 3 rings (SSSR count). The van der Waals surface area contributed by atoms with Gasteiger partial charge in [-0.2, -0.15) is 0 Å². The molecule has 19 heavy (non-hydrogen) atoms. The average Bonchev–Trinajstić information content (AvgIpc) is 2.81. The molecule has 2 heteroatoms. The molecule has 1 aliphatic rings. The van der Waals surface area contributed by atoms with Gasteiger partial charge in [-0.3, -0.25) is 0 Å². The molecule has 1 N–H and O–H groups in total. The first kappa shape index (κ1) is 12.2.